The Morgan fingerprint density at radius 1 is 1.25 bits per heavy atom. The maximum absolute atomic E-state index is 11.6. The smallest absolute Gasteiger partial charge is 0.271 e. The summed E-state index contributed by atoms with van der Waals surface area (Å²) < 4.78 is 5.74. The Morgan fingerprint density at radius 3 is 2.50 bits per heavy atom. The number of rotatable bonds is 4. The van der Waals surface area contributed by atoms with Crippen molar-refractivity contribution in [3.63, 3.8) is 0 Å². The van der Waals surface area contributed by atoms with E-state index in [1.165, 1.54) is 0 Å². The number of carbonyl (C=O) groups is 1. The Balaban J connectivity index is 1.70. The van der Waals surface area contributed by atoms with Gasteiger partial charge in [-0.05, 0) is 50.9 Å². The zero-order valence-electron chi connectivity index (χ0n) is 14.9. The molecule has 2 fully saturated rings. The molecule has 1 aliphatic heterocycles. The van der Waals surface area contributed by atoms with Crippen LogP contribution in [0.1, 0.15) is 23.3 Å². The van der Waals surface area contributed by atoms with Crippen LogP contribution in [0.15, 0.2) is 12.1 Å². The van der Waals surface area contributed by atoms with E-state index in [2.05, 4.69) is 39.4 Å². The summed E-state index contributed by atoms with van der Waals surface area (Å²) in [6, 6.07) is 4.11. The number of amides is 1. The van der Waals surface area contributed by atoms with Gasteiger partial charge in [0, 0.05) is 33.3 Å². The van der Waals surface area contributed by atoms with Gasteiger partial charge in [0.25, 0.3) is 5.91 Å². The lowest BCUT2D eigenvalue weighted by atomic mass is 9.77. The van der Waals surface area contributed by atoms with Crippen LogP contribution in [0.25, 0.3) is 0 Å². The van der Waals surface area contributed by atoms with Crippen molar-refractivity contribution in [3.8, 4) is 0 Å². The minimum absolute atomic E-state index is 0.207. The Hall–Kier alpha value is -1.73. The number of ether oxygens (including phenoxy) is 1. The number of anilines is 1. The number of hydrogen-bond donors (Lipinski definition) is 1. The second kappa shape index (κ2) is 7.03. The molecule has 1 N–H and O–H groups in total. The third-order valence-electron chi connectivity index (χ3n) is 5.49. The molecule has 0 aromatic carbocycles. The van der Waals surface area contributed by atoms with Crippen molar-refractivity contribution in [2.75, 3.05) is 46.2 Å². The summed E-state index contributed by atoms with van der Waals surface area (Å²) >= 11 is 0. The summed E-state index contributed by atoms with van der Waals surface area (Å²) in [5, 5.41) is 10.9. The summed E-state index contributed by atoms with van der Waals surface area (Å²) in [6.45, 7) is 1.98. The van der Waals surface area contributed by atoms with Crippen LogP contribution < -0.4 is 10.2 Å². The molecule has 1 aromatic rings. The first-order valence-electron chi connectivity index (χ1n) is 8.53. The molecule has 1 saturated carbocycles. The van der Waals surface area contributed by atoms with E-state index in [0.29, 0.717) is 29.7 Å². The van der Waals surface area contributed by atoms with Crippen LogP contribution in [0, 0.1) is 11.8 Å². The lowest BCUT2D eigenvalue weighted by Gasteiger charge is -2.40. The van der Waals surface area contributed by atoms with E-state index in [0.717, 1.165) is 31.7 Å². The molecule has 0 bridgehead atoms. The van der Waals surface area contributed by atoms with Crippen LogP contribution in [0.5, 0.6) is 0 Å². The third-order valence-corrected chi connectivity index (χ3v) is 5.49. The third kappa shape index (κ3) is 3.23. The Bertz CT molecular complexity index is 577. The van der Waals surface area contributed by atoms with Gasteiger partial charge in [-0.15, -0.1) is 10.2 Å². The summed E-state index contributed by atoms with van der Waals surface area (Å²) in [7, 11) is 7.67. The molecule has 132 valence electrons. The van der Waals surface area contributed by atoms with Gasteiger partial charge in [-0.25, -0.2) is 0 Å². The maximum Gasteiger partial charge on any atom is 0.271 e. The van der Waals surface area contributed by atoms with Crippen molar-refractivity contribution in [2.45, 2.75) is 25.0 Å². The second-order valence-corrected chi connectivity index (χ2v) is 7.06. The number of nitrogens with one attached hydrogen (secondary N) is 1. The molecule has 3 rings (SSSR count). The summed E-state index contributed by atoms with van der Waals surface area (Å²) in [4.78, 5) is 16.1. The van der Waals surface area contributed by atoms with Crippen LogP contribution in [0.2, 0.25) is 0 Å². The molecule has 7 heteroatoms. The van der Waals surface area contributed by atoms with Gasteiger partial charge in [-0.2, -0.15) is 0 Å². The molecule has 24 heavy (non-hydrogen) atoms. The van der Waals surface area contributed by atoms with Gasteiger partial charge in [-0.1, -0.05) is 0 Å². The Morgan fingerprint density at radius 2 is 1.96 bits per heavy atom. The zero-order valence-corrected chi connectivity index (χ0v) is 14.9. The predicted octanol–water partition coefficient (Wildman–Crippen LogP) is 0.628. The highest BCUT2D eigenvalue weighted by molar-refractivity contribution is 5.91. The summed E-state index contributed by atoms with van der Waals surface area (Å²) in [5.74, 6) is 1.93. The number of aromatic nitrogens is 2. The average Bonchev–Trinajstić information content (AvgIpc) is 3.02. The lowest BCUT2D eigenvalue weighted by molar-refractivity contribution is -0.0209. The maximum atomic E-state index is 11.6. The van der Waals surface area contributed by atoms with Crippen molar-refractivity contribution in [1.82, 2.24) is 20.4 Å². The Kier molecular flexibility index (Phi) is 5.01. The average molecular weight is 333 g/mol. The topological polar surface area (TPSA) is 70.6 Å². The van der Waals surface area contributed by atoms with Crippen molar-refractivity contribution < 1.29 is 9.53 Å². The fourth-order valence-corrected chi connectivity index (χ4v) is 4.12. The van der Waals surface area contributed by atoms with Gasteiger partial charge in [0.2, 0.25) is 0 Å². The molecule has 4 atom stereocenters. The molecule has 0 radical (unpaired) electrons. The van der Waals surface area contributed by atoms with Gasteiger partial charge in [-0.3, -0.25) is 4.79 Å². The highest BCUT2D eigenvalue weighted by atomic mass is 16.5. The number of hydrogen-bond acceptors (Lipinski definition) is 6. The van der Waals surface area contributed by atoms with Gasteiger partial charge < -0.3 is 19.9 Å². The highest BCUT2D eigenvalue weighted by Gasteiger charge is 2.43. The standard InChI is InChI=1S/C17H27N5O2/c1-18-17(23)13-5-6-16(20-19-13)22-9-11-7-14(21(2)3)15(24-4)8-12(11)10-22/h5-6,11-12,14-15H,7-10H2,1-4H3,(H,18,23)/t11-,12+,14-,15-/m1/s1. The fraction of sp³-hybridized carbons (Fsp3) is 0.706. The Labute approximate surface area is 143 Å². The molecule has 7 nitrogen and oxygen atoms in total. The minimum atomic E-state index is -0.207. The number of nitrogens with zero attached hydrogens (tertiary/aromatic N) is 4. The van der Waals surface area contributed by atoms with Gasteiger partial charge in [0.05, 0.1) is 6.10 Å². The molecule has 0 unspecified atom stereocenters. The second-order valence-electron chi connectivity index (χ2n) is 7.06. The molecule has 2 heterocycles. The van der Waals surface area contributed by atoms with Crippen molar-refractivity contribution in [2.24, 2.45) is 11.8 Å². The van der Waals surface area contributed by atoms with Crippen LogP contribution in [0.3, 0.4) is 0 Å². The zero-order chi connectivity index (χ0) is 17.3. The van der Waals surface area contributed by atoms with E-state index in [4.69, 9.17) is 4.74 Å². The van der Waals surface area contributed by atoms with Gasteiger partial charge in [0.15, 0.2) is 11.5 Å². The SMILES string of the molecule is CNC(=O)c1ccc(N2C[C@H]3C[C@@H](N(C)C)[C@H](OC)C[C@H]3C2)nn1. The number of fused-ring (bicyclic) bond motifs is 1. The van der Waals surface area contributed by atoms with Crippen LogP contribution in [-0.4, -0.2) is 74.5 Å². The molecule has 1 aliphatic carbocycles. The molecule has 2 aliphatic rings. The quantitative estimate of drug-likeness (QED) is 0.871. The van der Waals surface area contributed by atoms with E-state index in [1.807, 2.05) is 13.2 Å². The fourth-order valence-electron chi connectivity index (χ4n) is 4.12. The van der Waals surface area contributed by atoms with Crippen LogP contribution >= 0.6 is 0 Å². The van der Waals surface area contributed by atoms with Crippen molar-refractivity contribution >= 4 is 11.7 Å². The first-order valence-corrected chi connectivity index (χ1v) is 8.53. The highest BCUT2D eigenvalue weighted by Crippen LogP contribution is 2.39. The van der Waals surface area contributed by atoms with Crippen LogP contribution in [-0.2, 0) is 4.74 Å². The van der Waals surface area contributed by atoms with Crippen molar-refractivity contribution in [1.29, 1.82) is 0 Å². The van der Waals surface area contributed by atoms with Crippen molar-refractivity contribution in [3.05, 3.63) is 17.8 Å². The van der Waals surface area contributed by atoms with E-state index in [9.17, 15) is 4.79 Å². The summed E-state index contributed by atoms with van der Waals surface area (Å²) in [5.41, 5.74) is 0.352. The number of carbonyl (C=O) groups excluding carboxylic acids is 1. The van der Waals surface area contributed by atoms with E-state index >= 15 is 0 Å². The number of likely N-dealkylation sites (N-methyl/N-ethyl adjacent to an activating group) is 1. The molecule has 1 amide bonds. The first kappa shape index (κ1) is 17.1. The van der Waals surface area contributed by atoms with E-state index in [-0.39, 0.29) is 5.91 Å². The molecule has 0 spiro atoms. The molecule has 1 saturated heterocycles. The van der Waals surface area contributed by atoms with Crippen LogP contribution in [0.4, 0.5) is 5.82 Å². The largest absolute Gasteiger partial charge is 0.380 e. The van der Waals surface area contributed by atoms with E-state index in [1.54, 1.807) is 13.1 Å². The minimum Gasteiger partial charge on any atom is -0.380 e. The monoisotopic (exact) mass is 333 g/mol. The summed E-state index contributed by atoms with van der Waals surface area (Å²) in [6.07, 6.45) is 2.53. The predicted molar refractivity (Wildman–Crippen MR) is 92.1 cm³/mol. The van der Waals surface area contributed by atoms with Gasteiger partial charge >= 0.3 is 0 Å². The van der Waals surface area contributed by atoms with E-state index < -0.39 is 0 Å². The lowest BCUT2D eigenvalue weighted by Crippen LogP contribution is -2.47. The first-order chi connectivity index (χ1) is 11.5. The molecular weight excluding hydrogens is 306 g/mol. The molecular formula is C17H27N5O2. The normalized spacial score (nSPS) is 29.6. The molecule has 1 aromatic heterocycles. The van der Waals surface area contributed by atoms with Gasteiger partial charge in [0.1, 0.15) is 0 Å². The number of methoxy groups -OCH3 is 1.